The molecule has 31 heavy (non-hydrogen) atoms. The fourth-order valence-electron chi connectivity index (χ4n) is 4.17. The molecule has 1 aliphatic heterocycles. The monoisotopic (exact) mass is 418 g/mol. The number of hydrogen-bond donors (Lipinski definition) is 2. The first kappa shape index (κ1) is 21.1. The lowest BCUT2D eigenvalue weighted by molar-refractivity contribution is -0.133. The maximum Gasteiger partial charge on any atom is 0.238 e. The van der Waals surface area contributed by atoms with Crippen molar-refractivity contribution in [3.05, 3.63) is 65.4 Å². The van der Waals surface area contributed by atoms with E-state index in [1.54, 1.807) is 0 Å². The number of rotatable bonds is 6. The molecule has 6 heteroatoms. The van der Waals surface area contributed by atoms with E-state index in [4.69, 9.17) is 0 Å². The maximum absolute atomic E-state index is 12.7. The molecule has 4 rings (SSSR count). The average Bonchev–Trinajstić information content (AvgIpc) is 3.19. The fourth-order valence-corrected chi connectivity index (χ4v) is 4.17. The minimum absolute atomic E-state index is 0.00666. The van der Waals surface area contributed by atoms with E-state index in [1.165, 1.54) is 10.9 Å². The van der Waals surface area contributed by atoms with Crippen molar-refractivity contribution in [1.29, 1.82) is 0 Å². The first-order chi connectivity index (χ1) is 15.0. The van der Waals surface area contributed by atoms with E-state index in [1.807, 2.05) is 55.3 Å². The van der Waals surface area contributed by atoms with E-state index < -0.39 is 0 Å². The minimum Gasteiger partial charge on any atom is -0.361 e. The number of aromatic amines is 1. The summed E-state index contributed by atoms with van der Waals surface area (Å²) < 4.78 is 0. The Morgan fingerprint density at radius 1 is 1.00 bits per heavy atom. The molecular weight excluding hydrogens is 388 g/mol. The van der Waals surface area contributed by atoms with Gasteiger partial charge in [0, 0.05) is 55.4 Å². The van der Waals surface area contributed by atoms with Crippen molar-refractivity contribution in [2.24, 2.45) is 0 Å². The largest absolute Gasteiger partial charge is 0.361 e. The van der Waals surface area contributed by atoms with Crippen LogP contribution in [0.25, 0.3) is 10.9 Å². The number of fused-ring (bicyclic) bond motifs is 1. The van der Waals surface area contributed by atoms with Crippen molar-refractivity contribution >= 4 is 28.4 Å². The number of anilines is 1. The summed E-state index contributed by atoms with van der Waals surface area (Å²) in [5, 5.41) is 4.21. The standard InChI is InChI=1S/C25H30N4O2/c1-18-6-5-9-22(19(18)2)27-24(30)17-28-12-14-29(15-13-28)25(31)11-10-20-16-26-23-8-4-3-7-21(20)23/h3-9,16,26H,10-15,17H2,1-2H3,(H,27,30). The number of piperazine rings is 1. The Hall–Kier alpha value is -3.12. The van der Waals surface area contributed by atoms with Crippen LogP contribution in [-0.4, -0.2) is 59.3 Å². The molecule has 3 aromatic rings. The van der Waals surface area contributed by atoms with Gasteiger partial charge >= 0.3 is 0 Å². The molecule has 1 aromatic heterocycles. The zero-order valence-electron chi connectivity index (χ0n) is 18.3. The number of nitrogens with one attached hydrogen (secondary N) is 2. The number of carbonyl (C=O) groups excluding carboxylic acids is 2. The van der Waals surface area contributed by atoms with Crippen LogP contribution in [0.3, 0.4) is 0 Å². The van der Waals surface area contributed by atoms with Gasteiger partial charge < -0.3 is 15.2 Å². The molecule has 0 saturated carbocycles. The Balaban J connectivity index is 1.23. The first-order valence-corrected chi connectivity index (χ1v) is 10.9. The quantitative estimate of drug-likeness (QED) is 0.644. The van der Waals surface area contributed by atoms with E-state index in [9.17, 15) is 9.59 Å². The van der Waals surface area contributed by atoms with Gasteiger partial charge in [0.25, 0.3) is 0 Å². The van der Waals surface area contributed by atoms with Crippen LogP contribution in [0.5, 0.6) is 0 Å². The molecule has 0 bridgehead atoms. The van der Waals surface area contributed by atoms with Gasteiger partial charge in [0.1, 0.15) is 0 Å². The van der Waals surface area contributed by atoms with Crippen molar-refractivity contribution in [2.75, 3.05) is 38.0 Å². The van der Waals surface area contributed by atoms with Crippen LogP contribution in [0.1, 0.15) is 23.1 Å². The van der Waals surface area contributed by atoms with Gasteiger partial charge in [-0.25, -0.2) is 0 Å². The van der Waals surface area contributed by atoms with Crippen LogP contribution < -0.4 is 5.32 Å². The summed E-state index contributed by atoms with van der Waals surface area (Å²) in [5.41, 5.74) is 5.43. The highest BCUT2D eigenvalue weighted by atomic mass is 16.2. The molecule has 6 nitrogen and oxygen atoms in total. The van der Waals surface area contributed by atoms with Gasteiger partial charge in [0.2, 0.25) is 11.8 Å². The highest BCUT2D eigenvalue weighted by Crippen LogP contribution is 2.20. The summed E-state index contributed by atoms with van der Waals surface area (Å²) >= 11 is 0. The molecule has 0 spiro atoms. The maximum atomic E-state index is 12.7. The summed E-state index contributed by atoms with van der Waals surface area (Å²) in [6.45, 7) is 7.20. The fraction of sp³-hybridized carbons (Fsp3) is 0.360. The highest BCUT2D eigenvalue weighted by molar-refractivity contribution is 5.93. The van der Waals surface area contributed by atoms with Gasteiger partial charge in [0.15, 0.2) is 0 Å². The molecule has 2 N–H and O–H groups in total. The third kappa shape index (κ3) is 4.97. The smallest absolute Gasteiger partial charge is 0.238 e. The third-order valence-electron chi connectivity index (χ3n) is 6.25. The third-order valence-corrected chi connectivity index (χ3v) is 6.25. The Kier molecular flexibility index (Phi) is 6.37. The Morgan fingerprint density at radius 2 is 1.77 bits per heavy atom. The number of H-pyrrole nitrogens is 1. The van der Waals surface area contributed by atoms with Crippen LogP contribution >= 0.6 is 0 Å². The van der Waals surface area contributed by atoms with Gasteiger partial charge in [-0.2, -0.15) is 0 Å². The molecule has 1 saturated heterocycles. The molecular formula is C25H30N4O2. The molecule has 0 unspecified atom stereocenters. The average molecular weight is 419 g/mol. The topological polar surface area (TPSA) is 68.4 Å². The van der Waals surface area contributed by atoms with Gasteiger partial charge in [-0.05, 0) is 49.1 Å². The molecule has 1 aliphatic rings. The van der Waals surface area contributed by atoms with E-state index in [-0.39, 0.29) is 11.8 Å². The van der Waals surface area contributed by atoms with Crippen molar-refractivity contribution in [3.8, 4) is 0 Å². The van der Waals surface area contributed by atoms with E-state index in [0.717, 1.165) is 41.8 Å². The molecule has 0 radical (unpaired) electrons. The Morgan fingerprint density at radius 3 is 2.58 bits per heavy atom. The number of benzene rings is 2. The SMILES string of the molecule is Cc1cccc(NC(=O)CN2CCN(C(=O)CCc3c[nH]c4ccccc34)CC2)c1C. The number of amides is 2. The Labute approximate surface area is 183 Å². The summed E-state index contributed by atoms with van der Waals surface area (Å²) in [6, 6.07) is 14.1. The van der Waals surface area contributed by atoms with Crippen LogP contribution in [0.15, 0.2) is 48.7 Å². The summed E-state index contributed by atoms with van der Waals surface area (Å²) in [6.07, 6.45) is 3.25. The van der Waals surface area contributed by atoms with Gasteiger partial charge in [-0.15, -0.1) is 0 Å². The molecule has 0 atom stereocenters. The van der Waals surface area contributed by atoms with E-state index in [2.05, 4.69) is 27.3 Å². The number of para-hydroxylation sites is 1. The normalized spacial score (nSPS) is 14.7. The predicted octanol–water partition coefficient (Wildman–Crippen LogP) is 3.50. The van der Waals surface area contributed by atoms with E-state index in [0.29, 0.717) is 26.1 Å². The number of aromatic nitrogens is 1. The van der Waals surface area contributed by atoms with Crippen molar-refractivity contribution in [1.82, 2.24) is 14.8 Å². The zero-order chi connectivity index (χ0) is 21.8. The molecule has 2 amide bonds. The highest BCUT2D eigenvalue weighted by Gasteiger charge is 2.22. The van der Waals surface area contributed by atoms with Crippen LogP contribution in [-0.2, 0) is 16.0 Å². The summed E-state index contributed by atoms with van der Waals surface area (Å²) in [5.74, 6) is 0.178. The number of carbonyl (C=O) groups is 2. The molecule has 0 aliphatic carbocycles. The van der Waals surface area contributed by atoms with Crippen LogP contribution in [0, 0.1) is 13.8 Å². The second kappa shape index (κ2) is 9.35. The lowest BCUT2D eigenvalue weighted by Crippen LogP contribution is -2.50. The van der Waals surface area contributed by atoms with Crippen LogP contribution in [0.2, 0.25) is 0 Å². The zero-order valence-corrected chi connectivity index (χ0v) is 18.3. The Bertz CT molecular complexity index is 1080. The van der Waals surface area contributed by atoms with E-state index >= 15 is 0 Å². The lowest BCUT2D eigenvalue weighted by Gasteiger charge is -2.34. The molecule has 162 valence electrons. The summed E-state index contributed by atoms with van der Waals surface area (Å²) in [4.78, 5) is 32.5. The van der Waals surface area contributed by atoms with Crippen molar-refractivity contribution in [2.45, 2.75) is 26.7 Å². The van der Waals surface area contributed by atoms with Crippen LogP contribution in [0.4, 0.5) is 5.69 Å². The number of hydrogen-bond acceptors (Lipinski definition) is 3. The molecule has 1 fully saturated rings. The van der Waals surface area contributed by atoms with Gasteiger partial charge in [-0.1, -0.05) is 30.3 Å². The molecule has 2 heterocycles. The van der Waals surface area contributed by atoms with Crippen molar-refractivity contribution < 1.29 is 9.59 Å². The number of nitrogens with zero attached hydrogens (tertiary/aromatic N) is 2. The summed E-state index contributed by atoms with van der Waals surface area (Å²) in [7, 11) is 0. The second-order valence-electron chi connectivity index (χ2n) is 8.31. The second-order valence-corrected chi connectivity index (χ2v) is 8.31. The lowest BCUT2D eigenvalue weighted by atomic mass is 10.1. The number of aryl methyl sites for hydroxylation is 2. The predicted molar refractivity (Wildman–Crippen MR) is 124 cm³/mol. The first-order valence-electron chi connectivity index (χ1n) is 10.9. The minimum atomic E-state index is -0.00666. The van der Waals surface area contributed by atoms with Gasteiger partial charge in [-0.3, -0.25) is 14.5 Å². The van der Waals surface area contributed by atoms with Gasteiger partial charge in [0.05, 0.1) is 6.54 Å². The molecule has 2 aromatic carbocycles. The van der Waals surface area contributed by atoms with Crippen molar-refractivity contribution in [3.63, 3.8) is 0 Å².